The molecule has 0 spiro atoms. The number of aryl methyl sites for hydroxylation is 1. The number of carbonyl (C=O) groups is 3. The second-order valence-electron chi connectivity index (χ2n) is 5.46. The van der Waals surface area contributed by atoms with Crippen LogP contribution >= 0.6 is 0 Å². The zero-order valence-corrected chi connectivity index (χ0v) is 15.3. The van der Waals surface area contributed by atoms with E-state index in [4.69, 9.17) is 14.2 Å². The summed E-state index contributed by atoms with van der Waals surface area (Å²) in [5, 5.41) is 9.63. The molecule has 142 valence electrons. The number of ether oxygens (including phenoxy) is 3. The second-order valence-corrected chi connectivity index (χ2v) is 5.46. The summed E-state index contributed by atoms with van der Waals surface area (Å²) >= 11 is 0. The number of rotatable bonds is 5. The van der Waals surface area contributed by atoms with Gasteiger partial charge in [0, 0.05) is 6.20 Å². The Balaban J connectivity index is 2.82. The molecule has 1 heterocycles. The van der Waals surface area contributed by atoms with Gasteiger partial charge in [-0.1, -0.05) is 6.08 Å². The molecule has 2 rings (SSSR count). The van der Waals surface area contributed by atoms with Gasteiger partial charge in [0.2, 0.25) is 0 Å². The van der Waals surface area contributed by atoms with Gasteiger partial charge < -0.3 is 24.2 Å². The molecule has 8 nitrogen and oxygen atoms in total. The molecule has 1 aromatic carbocycles. The molecule has 0 atom stereocenters. The third-order valence-electron chi connectivity index (χ3n) is 3.89. The van der Waals surface area contributed by atoms with Gasteiger partial charge in [0.1, 0.15) is 11.4 Å². The van der Waals surface area contributed by atoms with Gasteiger partial charge >= 0.3 is 17.9 Å². The summed E-state index contributed by atoms with van der Waals surface area (Å²) in [6, 6.07) is 2.90. The van der Waals surface area contributed by atoms with Gasteiger partial charge in [-0.3, -0.25) is 0 Å². The fourth-order valence-electron chi connectivity index (χ4n) is 2.61. The molecule has 0 aromatic heterocycles. The lowest BCUT2D eigenvalue weighted by atomic mass is 10.1. The maximum absolute atomic E-state index is 12.5. The molecule has 0 aliphatic carbocycles. The zero-order chi connectivity index (χ0) is 20.1. The summed E-state index contributed by atoms with van der Waals surface area (Å²) < 4.78 is 14.7. The lowest BCUT2D eigenvalue weighted by Crippen LogP contribution is -2.28. The van der Waals surface area contributed by atoms with E-state index in [2.05, 4.69) is 0 Å². The summed E-state index contributed by atoms with van der Waals surface area (Å²) in [6.07, 6.45) is 5.95. The van der Waals surface area contributed by atoms with Crippen LogP contribution in [0, 0.1) is 6.92 Å². The van der Waals surface area contributed by atoms with E-state index < -0.39 is 17.9 Å². The van der Waals surface area contributed by atoms with Crippen molar-refractivity contribution in [1.82, 2.24) is 0 Å². The van der Waals surface area contributed by atoms with Crippen LogP contribution in [0.1, 0.15) is 15.9 Å². The fraction of sp³-hybridized carbons (Fsp3) is 0.211. The Morgan fingerprint density at radius 1 is 1.00 bits per heavy atom. The fourth-order valence-corrected chi connectivity index (χ4v) is 2.61. The van der Waals surface area contributed by atoms with E-state index in [1.807, 2.05) is 0 Å². The number of nitrogens with zero attached hydrogens (tertiary/aromatic N) is 1. The average molecular weight is 373 g/mol. The number of hydrogen-bond donors (Lipinski definition) is 1. The van der Waals surface area contributed by atoms with Crippen LogP contribution in [-0.4, -0.2) is 44.3 Å². The number of carboxylic acid groups (broad SMARTS) is 1. The highest BCUT2D eigenvalue weighted by Crippen LogP contribution is 2.34. The summed E-state index contributed by atoms with van der Waals surface area (Å²) in [4.78, 5) is 37.7. The minimum Gasteiger partial charge on any atom is -0.496 e. The number of aromatic carboxylic acids is 1. The second kappa shape index (κ2) is 8.22. The Bertz CT molecular complexity index is 880. The maximum Gasteiger partial charge on any atom is 0.355 e. The van der Waals surface area contributed by atoms with Crippen LogP contribution in [0.2, 0.25) is 0 Å². The minimum absolute atomic E-state index is 0.0702. The normalized spacial score (nSPS) is 13.3. The van der Waals surface area contributed by atoms with Gasteiger partial charge in [0.05, 0.1) is 38.2 Å². The maximum atomic E-state index is 12.5. The summed E-state index contributed by atoms with van der Waals surface area (Å²) in [5.41, 5.74) is 0.463. The van der Waals surface area contributed by atoms with Crippen LogP contribution in [0.5, 0.6) is 5.75 Å². The Morgan fingerprint density at radius 2 is 1.67 bits per heavy atom. The summed E-state index contributed by atoms with van der Waals surface area (Å²) in [5.74, 6) is -2.43. The first kappa shape index (κ1) is 19.8. The highest BCUT2D eigenvalue weighted by Gasteiger charge is 2.30. The molecule has 0 saturated heterocycles. The van der Waals surface area contributed by atoms with Gasteiger partial charge in [-0.05, 0) is 36.8 Å². The molecule has 0 unspecified atom stereocenters. The standard InChI is InChI=1S/C19H19NO7/c1-11-9-14(13(17(21)22)10-15(11)25-2)20-8-6-5-7-12(18(23)26-3)16(20)19(24)27-4/h5-10H,1-4H3,(H,21,22). The van der Waals surface area contributed by atoms with Gasteiger partial charge in [0.25, 0.3) is 0 Å². The molecular formula is C19H19NO7. The van der Waals surface area contributed by atoms with E-state index in [0.29, 0.717) is 11.3 Å². The molecule has 27 heavy (non-hydrogen) atoms. The van der Waals surface area contributed by atoms with Crippen molar-refractivity contribution in [2.45, 2.75) is 6.92 Å². The number of esters is 2. The molecule has 8 heteroatoms. The monoisotopic (exact) mass is 373 g/mol. The summed E-state index contributed by atoms with van der Waals surface area (Å²) in [7, 11) is 3.78. The number of carboxylic acids is 1. The third kappa shape index (κ3) is 3.84. The first-order chi connectivity index (χ1) is 12.8. The minimum atomic E-state index is -1.22. The topological polar surface area (TPSA) is 102 Å². The molecule has 1 N–H and O–H groups in total. The number of hydrogen-bond acceptors (Lipinski definition) is 7. The number of anilines is 1. The lowest BCUT2D eigenvalue weighted by Gasteiger charge is -2.25. The van der Waals surface area contributed by atoms with Crippen molar-refractivity contribution < 1.29 is 33.7 Å². The van der Waals surface area contributed by atoms with Crippen LogP contribution in [-0.2, 0) is 19.1 Å². The highest BCUT2D eigenvalue weighted by molar-refractivity contribution is 6.07. The largest absolute Gasteiger partial charge is 0.496 e. The quantitative estimate of drug-likeness (QED) is 0.784. The molecule has 1 aromatic rings. The Hall–Kier alpha value is -3.55. The Kier molecular flexibility index (Phi) is 6.02. The molecule has 1 aliphatic rings. The number of allylic oxidation sites excluding steroid dienone is 2. The smallest absolute Gasteiger partial charge is 0.355 e. The van der Waals surface area contributed by atoms with E-state index >= 15 is 0 Å². The van der Waals surface area contributed by atoms with Crippen molar-refractivity contribution in [1.29, 1.82) is 0 Å². The van der Waals surface area contributed by atoms with E-state index in [1.165, 1.54) is 43.5 Å². The van der Waals surface area contributed by atoms with Crippen molar-refractivity contribution in [2.24, 2.45) is 0 Å². The van der Waals surface area contributed by atoms with E-state index in [-0.39, 0.29) is 22.5 Å². The Morgan fingerprint density at radius 3 is 2.22 bits per heavy atom. The van der Waals surface area contributed by atoms with E-state index in [0.717, 1.165) is 7.11 Å². The molecular weight excluding hydrogens is 354 g/mol. The molecule has 0 radical (unpaired) electrons. The van der Waals surface area contributed by atoms with Gasteiger partial charge in [-0.15, -0.1) is 0 Å². The van der Waals surface area contributed by atoms with Gasteiger partial charge in [-0.25, -0.2) is 14.4 Å². The van der Waals surface area contributed by atoms with Crippen LogP contribution in [0.15, 0.2) is 47.8 Å². The predicted octanol–water partition coefficient (Wildman–Crippen LogP) is 2.19. The first-order valence-corrected chi connectivity index (χ1v) is 7.82. The van der Waals surface area contributed by atoms with Crippen molar-refractivity contribution >= 4 is 23.6 Å². The Labute approximate surface area is 155 Å². The van der Waals surface area contributed by atoms with E-state index in [9.17, 15) is 19.5 Å². The van der Waals surface area contributed by atoms with Gasteiger partial charge in [0.15, 0.2) is 0 Å². The lowest BCUT2D eigenvalue weighted by molar-refractivity contribution is -0.139. The van der Waals surface area contributed by atoms with Crippen molar-refractivity contribution in [3.05, 3.63) is 59.0 Å². The van der Waals surface area contributed by atoms with Crippen LogP contribution in [0.4, 0.5) is 5.69 Å². The third-order valence-corrected chi connectivity index (χ3v) is 3.89. The molecule has 1 aliphatic heterocycles. The summed E-state index contributed by atoms with van der Waals surface area (Å²) in [6.45, 7) is 1.73. The molecule has 0 fully saturated rings. The van der Waals surface area contributed by atoms with Crippen LogP contribution < -0.4 is 9.64 Å². The van der Waals surface area contributed by atoms with Crippen LogP contribution in [0.3, 0.4) is 0 Å². The predicted molar refractivity (Wildman–Crippen MR) is 96.5 cm³/mol. The van der Waals surface area contributed by atoms with Crippen molar-refractivity contribution in [2.75, 3.05) is 26.2 Å². The number of carbonyl (C=O) groups excluding carboxylic acids is 2. The van der Waals surface area contributed by atoms with E-state index in [1.54, 1.807) is 19.1 Å². The highest BCUT2D eigenvalue weighted by atomic mass is 16.5. The zero-order valence-electron chi connectivity index (χ0n) is 15.3. The molecule has 0 amide bonds. The van der Waals surface area contributed by atoms with Crippen molar-refractivity contribution in [3.63, 3.8) is 0 Å². The average Bonchev–Trinajstić information content (AvgIpc) is 2.89. The first-order valence-electron chi connectivity index (χ1n) is 7.82. The molecule has 0 bridgehead atoms. The molecule has 0 saturated carbocycles. The van der Waals surface area contributed by atoms with Crippen molar-refractivity contribution in [3.8, 4) is 5.75 Å². The SMILES string of the molecule is COC(=O)C1=C(C(=O)OC)N(c2cc(C)c(OC)cc2C(=O)O)C=CC=C1. The van der Waals surface area contributed by atoms with Gasteiger partial charge in [-0.2, -0.15) is 0 Å². The number of benzene rings is 1. The number of methoxy groups -OCH3 is 3. The van der Waals surface area contributed by atoms with Crippen LogP contribution in [0.25, 0.3) is 0 Å².